The second-order valence-electron chi connectivity index (χ2n) is 5.47. The first kappa shape index (κ1) is 14.6. The minimum Gasteiger partial charge on any atom is -0.379 e. The highest BCUT2D eigenvalue weighted by Crippen LogP contribution is 2.20. The Morgan fingerprint density at radius 1 is 0.944 bits per heavy atom. The predicted octanol–water partition coefficient (Wildman–Crippen LogP) is 2.19. The van der Waals surface area contributed by atoms with Crippen LogP contribution in [0.15, 0.2) is 0 Å². The van der Waals surface area contributed by atoms with Gasteiger partial charge in [-0.1, -0.05) is 6.42 Å². The van der Waals surface area contributed by atoms with E-state index in [1.807, 2.05) is 0 Å². The molecule has 2 heterocycles. The average molecular weight is 275 g/mol. The van der Waals surface area contributed by atoms with E-state index in [1.165, 1.54) is 58.3 Å². The normalized spacial score (nSPS) is 24.5. The molecule has 0 aromatic heterocycles. The van der Waals surface area contributed by atoms with Gasteiger partial charge in [0, 0.05) is 18.5 Å². The molecule has 106 valence electrons. The summed E-state index contributed by atoms with van der Waals surface area (Å²) in [5.74, 6) is 0.608. The van der Waals surface area contributed by atoms with E-state index in [0.717, 1.165) is 19.2 Å². The molecule has 18 heavy (non-hydrogen) atoms. The maximum Gasteiger partial charge on any atom is 0.0602 e. The topological polar surface area (TPSA) is 15.7 Å². The largest absolute Gasteiger partial charge is 0.379 e. The zero-order valence-corrected chi connectivity index (χ0v) is 12.2. The number of nitrogens with zero attached hydrogens (tertiary/aromatic N) is 2. The van der Waals surface area contributed by atoms with Crippen molar-refractivity contribution in [2.75, 3.05) is 51.8 Å². The first-order valence-electron chi connectivity index (χ1n) is 7.50. The minimum atomic E-state index is 0.608. The second-order valence-corrected chi connectivity index (χ2v) is 5.85. The monoisotopic (exact) mass is 274 g/mol. The van der Waals surface area contributed by atoms with Crippen molar-refractivity contribution in [2.45, 2.75) is 38.1 Å². The molecule has 0 amide bonds. The van der Waals surface area contributed by atoms with Crippen LogP contribution in [0.1, 0.15) is 32.1 Å². The maximum absolute atomic E-state index is 5.58. The van der Waals surface area contributed by atoms with Crippen LogP contribution in [0.3, 0.4) is 0 Å². The average Bonchev–Trinajstić information content (AvgIpc) is 2.45. The van der Waals surface area contributed by atoms with Crippen LogP contribution in [-0.2, 0) is 4.74 Å². The Hall–Kier alpha value is 0.170. The molecule has 0 bridgehead atoms. The molecule has 0 N–H and O–H groups in total. The van der Waals surface area contributed by atoms with Crippen LogP contribution in [0.4, 0.5) is 0 Å². The Morgan fingerprint density at radius 3 is 2.33 bits per heavy atom. The van der Waals surface area contributed by atoms with Crippen molar-refractivity contribution < 1.29 is 4.74 Å². The first-order chi connectivity index (χ1) is 8.90. The van der Waals surface area contributed by atoms with Crippen molar-refractivity contribution in [1.82, 2.24) is 9.80 Å². The van der Waals surface area contributed by atoms with Crippen molar-refractivity contribution in [3.63, 3.8) is 0 Å². The molecule has 0 aliphatic carbocycles. The lowest BCUT2D eigenvalue weighted by molar-refractivity contribution is 0.0679. The fourth-order valence-corrected chi connectivity index (χ4v) is 3.25. The molecule has 0 saturated carbocycles. The summed E-state index contributed by atoms with van der Waals surface area (Å²) < 4.78 is 5.44. The van der Waals surface area contributed by atoms with Crippen LogP contribution < -0.4 is 0 Å². The molecular formula is C14H27ClN2O. The van der Waals surface area contributed by atoms with Gasteiger partial charge in [0.1, 0.15) is 0 Å². The van der Waals surface area contributed by atoms with Gasteiger partial charge in [-0.05, 0) is 51.9 Å². The number of likely N-dealkylation sites (tertiary alicyclic amines) is 2. The molecule has 3 nitrogen and oxygen atoms in total. The van der Waals surface area contributed by atoms with Gasteiger partial charge < -0.3 is 14.5 Å². The molecule has 2 fully saturated rings. The summed E-state index contributed by atoms with van der Waals surface area (Å²) in [6.45, 7) is 7.75. The van der Waals surface area contributed by atoms with E-state index in [1.54, 1.807) is 0 Å². The second kappa shape index (κ2) is 8.36. The van der Waals surface area contributed by atoms with Crippen LogP contribution >= 0.6 is 11.6 Å². The van der Waals surface area contributed by atoms with E-state index in [2.05, 4.69) is 9.80 Å². The van der Waals surface area contributed by atoms with Crippen molar-refractivity contribution >= 4 is 11.6 Å². The first-order valence-corrected chi connectivity index (χ1v) is 8.03. The van der Waals surface area contributed by atoms with Crippen LogP contribution in [0.25, 0.3) is 0 Å². The van der Waals surface area contributed by atoms with E-state index in [-0.39, 0.29) is 0 Å². The molecular weight excluding hydrogens is 248 g/mol. The third kappa shape index (κ3) is 4.69. The highest BCUT2D eigenvalue weighted by molar-refractivity contribution is 6.17. The molecule has 2 rings (SSSR count). The zero-order valence-electron chi connectivity index (χ0n) is 11.5. The Balaban J connectivity index is 1.58. The Bertz CT molecular complexity index is 214. The minimum absolute atomic E-state index is 0.608. The molecule has 4 heteroatoms. The lowest BCUT2D eigenvalue weighted by atomic mass is 10.00. The maximum atomic E-state index is 5.58. The zero-order chi connectivity index (χ0) is 12.6. The number of halogens is 1. The van der Waals surface area contributed by atoms with Gasteiger partial charge in [-0.25, -0.2) is 0 Å². The molecule has 0 spiro atoms. The number of rotatable bonds is 6. The number of piperidine rings is 2. The summed E-state index contributed by atoms with van der Waals surface area (Å²) in [6.07, 6.45) is 6.94. The standard InChI is InChI=1S/C14H27ClN2O/c15-6-12-18-13-11-16-9-4-14(5-10-16)17-7-2-1-3-8-17/h14H,1-13H2. The molecule has 0 aromatic carbocycles. The van der Waals surface area contributed by atoms with Crippen LogP contribution in [0, 0.1) is 0 Å². The summed E-state index contributed by atoms with van der Waals surface area (Å²) >= 11 is 5.58. The highest BCUT2D eigenvalue weighted by atomic mass is 35.5. The Kier molecular flexibility index (Phi) is 6.77. The molecule has 2 saturated heterocycles. The quantitative estimate of drug-likeness (QED) is 0.546. The van der Waals surface area contributed by atoms with Gasteiger partial charge in [0.05, 0.1) is 13.2 Å². The third-order valence-electron chi connectivity index (χ3n) is 4.24. The fraction of sp³-hybridized carbons (Fsp3) is 1.00. The summed E-state index contributed by atoms with van der Waals surface area (Å²) in [6, 6.07) is 0.852. The van der Waals surface area contributed by atoms with E-state index >= 15 is 0 Å². The lowest BCUT2D eigenvalue weighted by Crippen LogP contribution is -2.47. The van der Waals surface area contributed by atoms with E-state index in [4.69, 9.17) is 16.3 Å². The number of hydrogen-bond donors (Lipinski definition) is 0. The SMILES string of the molecule is ClCCOCCN1CCC(N2CCCCC2)CC1. The van der Waals surface area contributed by atoms with Gasteiger partial charge in [0.2, 0.25) is 0 Å². The fourth-order valence-electron chi connectivity index (χ4n) is 3.14. The lowest BCUT2D eigenvalue weighted by Gasteiger charge is -2.40. The third-order valence-corrected chi connectivity index (χ3v) is 4.39. The van der Waals surface area contributed by atoms with Gasteiger partial charge >= 0.3 is 0 Å². The summed E-state index contributed by atoms with van der Waals surface area (Å²) in [7, 11) is 0. The molecule has 0 aromatic rings. The number of ether oxygens (including phenoxy) is 1. The summed E-state index contributed by atoms with van der Waals surface area (Å²) in [5.41, 5.74) is 0. The highest BCUT2D eigenvalue weighted by Gasteiger charge is 2.25. The van der Waals surface area contributed by atoms with E-state index < -0.39 is 0 Å². The van der Waals surface area contributed by atoms with Crippen molar-refractivity contribution in [2.24, 2.45) is 0 Å². The van der Waals surface area contributed by atoms with Crippen LogP contribution in [0.5, 0.6) is 0 Å². The van der Waals surface area contributed by atoms with Gasteiger partial charge in [-0.15, -0.1) is 11.6 Å². The molecule has 2 aliphatic heterocycles. The molecule has 0 unspecified atom stereocenters. The van der Waals surface area contributed by atoms with Gasteiger partial charge in [0.15, 0.2) is 0 Å². The smallest absolute Gasteiger partial charge is 0.0602 e. The number of alkyl halides is 1. The molecule has 2 aliphatic rings. The van der Waals surface area contributed by atoms with Crippen LogP contribution in [-0.4, -0.2) is 67.7 Å². The van der Waals surface area contributed by atoms with E-state index in [9.17, 15) is 0 Å². The van der Waals surface area contributed by atoms with E-state index in [0.29, 0.717) is 12.5 Å². The number of hydrogen-bond acceptors (Lipinski definition) is 3. The van der Waals surface area contributed by atoms with Gasteiger partial charge in [-0.3, -0.25) is 0 Å². The van der Waals surface area contributed by atoms with Crippen molar-refractivity contribution in [3.8, 4) is 0 Å². The van der Waals surface area contributed by atoms with Crippen molar-refractivity contribution in [3.05, 3.63) is 0 Å². The Labute approximate surface area is 116 Å². The summed E-state index contributed by atoms with van der Waals surface area (Å²) in [4.78, 5) is 5.26. The summed E-state index contributed by atoms with van der Waals surface area (Å²) in [5, 5.41) is 0. The van der Waals surface area contributed by atoms with Gasteiger partial charge in [0.25, 0.3) is 0 Å². The van der Waals surface area contributed by atoms with Gasteiger partial charge in [-0.2, -0.15) is 0 Å². The van der Waals surface area contributed by atoms with Crippen LogP contribution in [0.2, 0.25) is 0 Å². The molecule has 0 radical (unpaired) electrons. The predicted molar refractivity (Wildman–Crippen MR) is 76.4 cm³/mol. The Morgan fingerprint density at radius 2 is 1.67 bits per heavy atom. The van der Waals surface area contributed by atoms with Crippen molar-refractivity contribution in [1.29, 1.82) is 0 Å². The molecule has 0 atom stereocenters.